The number of fused-ring (bicyclic) bond motifs is 1. The van der Waals surface area contributed by atoms with Crippen LogP contribution in [-0.4, -0.2) is 28.2 Å². The van der Waals surface area contributed by atoms with Crippen LogP contribution < -0.4 is 10.2 Å². The lowest BCUT2D eigenvalue weighted by atomic mass is 10.0. The zero-order valence-corrected chi connectivity index (χ0v) is 19.5. The molecular weight excluding hydrogens is 454 g/mol. The molecule has 3 aromatic rings. The molecule has 0 spiro atoms. The van der Waals surface area contributed by atoms with Gasteiger partial charge in [0.15, 0.2) is 0 Å². The van der Waals surface area contributed by atoms with Crippen molar-refractivity contribution in [3.8, 4) is 0 Å². The molecule has 1 aliphatic heterocycles. The summed E-state index contributed by atoms with van der Waals surface area (Å²) in [5, 5.41) is 13.6. The Morgan fingerprint density at radius 3 is 2.00 bits per heavy atom. The second kappa shape index (κ2) is 8.75. The molecule has 9 heteroatoms. The Labute approximate surface area is 200 Å². The molecular formula is C25H21N3O5S. The van der Waals surface area contributed by atoms with Gasteiger partial charge in [0.2, 0.25) is 0 Å². The van der Waals surface area contributed by atoms with E-state index in [1.54, 1.807) is 42.5 Å². The highest BCUT2D eigenvalue weighted by Gasteiger charge is 2.37. The maximum Gasteiger partial charge on any atom is 0.269 e. The van der Waals surface area contributed by atoms with Crippen molar-refractivity contribution in [3.63, 3.8) is 0 Å². The molecule has 0 saturated carbocycles. The Balaban J connectivity index is 1.52. The largest absolute Gasteiger partial charge is 0.347 e. The summed E-state index contributed by atoms with van der Waals surface area (Å²) in [6.07, 6.45) is 0. The Kier molecular flexibility index (Phi) is 5.97. The van der Waals surface area contributed by atoms with Gasteiger partial charge in [0, 0.05) is 33.0 Å². The molecule has 0 radical (unpaired) electrons. The number of rotatable bonds is 5. The summed E-state index contributed by atoms with van der Waals surface area (Å²) in [7, 11) is 0. The van der Waals surface area contributed by atoms with Crippen LogP contribution in [0.2, 0.25) is 0 Å². The van der Waals surface area contributed by atoms with Crippen LogP contribution in [0.4, 0.5) is 11.4 Å². The average Bonchev–Trinajstić information content (AvgIpc) is 3.03. The lowest BCUT2D eigenvalue weighted by molar-refractivity contribution is -0.384. The van der Waals surface area contributed by atoms with Gasteiger partial charge in [-0.15, -0.1) is 0 Å². The fourth-order valence-corrected chi connectivity index (χ4v) is 4.28. The van der Waals surface area contributed by atoms with Gasteiger partial charge in [-0.05, 0) is 75.4 Å². The topological polar surface area (TPSA) is 110 Å². The van der Waals surface area contributed by atoms with Crippen molar-refractivity contribution in [2.75, 3.05) is 4.90 Å². The van der Waals surface area contributed by atoms with Crippen molar-refractivity contribution in [1.29, 1.82) is 0 Å². The van der Waals surface area contributed by atoms with Crippen molar-refractivity contribution in [1.82, 2.24) is 5.32 Å². The summed E-state index contributed by atoms with van der Waals surface area (Å²) in [6.45, 7) is 5.58. The monoisotopic (exact) mass is 475 g/mol. The zero-order valence-electron chi connectivity index (χ0n) is 18.7. The van der Waals surface area contributed by atoms with Gasteiger partial charge in [-0.2, -0.15) is 0 Å². The number of carbonyl (C=O) groups is 3. The minimum Gasteiger partial charge on any atom is -0.347 e. The maximum atomic E-state index is 13.0. The highest BCUT2D eigenvalue weighted by atomic mass is 32.2. The molecule has 0 bridgehead atoms. The van der Waals surface area contributed by atoms with Crippen molar-refractivity contribution in [3.05, 3.63) is 93.5 Å². The average molecular weight is 476 g/mol. The van der Waals surface area contributed by atoms with Gasteiger partial charge in [0.25, 0.3) is 23.4 Å². The third-order valence-corrected chi connectivity index (χ3v) is 6.03. The van der Waals surface area contributed by atoms with Gasteiger partial charge in [-0.25, -0.2) is 4.90 Å². The van der Waals surface area contributed by atoms with E-state index < -0.39 is 22.3 Å². The Morgan fingerprint density at radius 1 is 0.882 bits per heavy atom. The zero-order chi connectivity index (χ0) is 24.6. The highest BCUT2D eigenvalue weighted by Crippen LogP contribution is 2.33. The molecule has 0 fully saturated rings. The van der Waals surface area contributed by atoms with Crippen LogP contribution in [-0.2, 0) is 0 Å². The van der Waals surface area contributed by atoms with Crippen LogP contribution >= 0.6 is 11.8 Å². The van der Waals surface area contributed by atoms with Gasteiger partial charge >= 0.3 is 0 Å². The molecule has 1 aliphatic rings. The number of amides is 3. The van der Waals surface area contributed by atoms with Gasteiger partial charge in [-0.3, -0.25) is 24.5 Å². The quantitative estimate of drug-likeness (QED) is 0.313. The minimum atomic E-state index is -0.485. The van der Waals surface area contributed by atoms with Gasteiger partial charge in [-0.1, -0.05) is 11.8 Å². The molecule has 3 aromatic carbocycles. The second-order valence-electron chi connectivity index (χ2n) is 8.76. The summed E-state index contributed by atoms with van der Waals surface area (Å²) in [5.74, 6) is -1.25. The first-order valence-corrected chi connectivity index (χ1v) is 11.2. The lowest BCUT2D eigenvalue weighted by Gasteiger charge is -2.20. The molecule has 34 heavy (non-hydrogen) atoms. The van der Waals surface area contributed by atoms with Gasteiger partial charge < -0.3 is 5.32 Å². The van der Waals surface area contributed by atoms with Crippen LogP contribution in [0.15, 0.2) is 76.5 Å². The van der Waals surface area contributed by atoms with E-state index in [9.17, 15) is 24.5 Å². The third kappa shape index (κ3) is 4.69. The van der Waals surface area contributed by atoms with Crippen LogP contribution in [0, 0.1) is 10.1 Å². The van der Waals surface area contributed by atoms with Crippen LogP contribution in [0.25, 0.3) is 0 Å². The number of benzene rings is 3. The number of hydrogen-bond acceptors (Lipinski definition) is 6. The Bertz CT molecular complexity index is 1310. The molecule has 1 heterocycles. The van der Waals surface area contributed by atoms with E-state index in [-0.39, 0.29) is 22.7 Å². The molecule has 0 aliphatic carbocycles. The fourth-order valence-electron chi connectivity index (χ4n) is 3.46. The normalized spacial score (nSPS) is 13.1. The first-order chi connectivity index (χ1) is 16.0. The van der Waals surface area contributed by atoms with E-state index in [1.165, 1.54) is 36.0 Å². The lowest BCUT2D eigenvalue weighted by Crippen LogP contribution is -2.40. The number of anilines is 1. The predicted molar refractivity (Wildman–Crippen MR) is 128 cm³/mol. The summed E-state index contributed by atoms with van der Waals surface area (Å²) in [4.78, 5) is 51.5. The van der Waals surface area contributed by atoms with Crippen LogP contribution in [0.5, 0.6) is 0 Å². The summed E-state index contributed by atoms with van der Waals surface area (Å²) in [6, 6.07) is 17.6. The molecule has 3 amide bonds. The molecule has 8 nitrogen and oxygen atoms in total. The van der Waals surface area contributed by atoms with E-state index in [4.69, 9.17) is 0 Å². The molecule has 4 rings (SSSR count). The first-order valence-electron chi connectivity index (χ1n) is 10.4. The number of nitrogens with zero attached hydrogens (tertiary/aromatic N) is 2. The fraction of sp³-hybridized carbons (Fsp3) is 0.160. The number of carbonyl (C=O) groups excluding carboxylic acids is 3. The van der Waals surface area contributed by atoms with Gasteiger partial charge in [0.1, 0.15) is 0 Å². The van der Waals surface area contributed by atoms with Crippen molar-refractivity contribution in [2.24, 2.45) is 0 Å². The molecule has 0 unspecified atom stereocenters. The van der Waals surface area contributed by atoms with E-state index in [0.717, 1.165) is 14.7 Å². The van der Waals surface area contributed by atoms with E-state index in [0.29, 0.717) is 11.3 Å². The second-order valence-corrected chi connectivity index (χ2v) is 9.90. The molecule has 0 saturated heterocycles. The molecule has 0 aromatic heterocycles. The van der Waals surface area contributed by atoms with Crippen molar-refractivity contribution < 1.29 is 19.3 Å². The highest BCUT2D eigenvalue weighted by molar-refractivity contribution is 7.99. The minimum absolute atomic E-state index is 0.0179. The number of non-ortho nitro benzene ring substituents is 1. The maximum absolute atomic E-state index is 13.0. The standard InChI is InChI=1S/C25H21N3O5S/c1-25(2,3)26-22(29)15-4-13-20-21(14-15)24(31)27(23(20)30)16-5-9-18(10-6-16)34-19-11-7-17(8-12-19)28(32)33/h4-14H,1-3H3,(H,26,29). The number of nitrogens with one attached hydrogen (secondary N) is 1. The van der Waals surface area contributed by atoms with Gasteiger partial charge in [0.05, 0.1) is 21.7 Å². The number of imide groups is 1. The van der Waals surface area contributed by atoms with Crippen molar-refractivity contribution in [2.45, 2.75) is 36.1 Å². The Hall–Kier alpha value is -3.98. The summed E-state index contributed by atoms with van der Waals surface area (Å²) >= 11 is 1.40. The van der Waals surface area contributed by atoms with Crippen LogP contribution in [0.3, 0.4) is 0 Å². The predicted octanol–water partition coefficient (Wildman–Crippen LogP) is 5.07. The SMILES string of the molecule is CC(C)(C)NC(=O)c1ccc2c(c1)C(=O)N(c1ccc(Sc3ccc([N+](=O)[O-])cc3)cc1)C2=O. The number of nitro benzene ring substituents is 1. The van der Waals surface area contributed by atoms with Crippen molar-refractivity contribution >= 4 is 40.9 Å². The first kappa shape index (κ1) is 23.2. The molecule has 172 valence electrons. The molecule has 0 atom stereocenters. The van der Waals surface area contributed by atoms with Crippen LogP contribution in [0.1, 0.15) is 51.8 Å². The molecule has 1 N–H and O–H groups in total. The van der Waals surface area contributed by atoms with E-state index >= 15 is 0 Å². The number of nitro groups is 1. The third-order valence-electron chi connectivity index (χ3n) is 5.02. The summed E-state index contributed by atoms with van der Waals surface area (Å²) in [5.41, 5.74) is 0.754. The smallest absolute Gasteiger partial charge is 0.269 e. The number of hydrogen-bond donors (Lipinski definition) is 1. The van der Waals surface area contributed by atoms with E-state index in [1.807, 2.05) is 20.8 Å². The summed E-state index contributed by atoms with van der Waals surface area (Å²) < 4.78 is 0. The Morgan fingerprint density at radius 2 is 1.44 bits per heavy atom. The van der Waals surface area contributed by atoms with E-state index in [2.05, 4.69) is 5.32 Å².